The largest absolute Gasteiger partial charge is 0.467 e. The lowest BCUT2D eigenvalue weighted by molar-refractivity contribution is -0.155. The zero-order chi connectivity index (χ0) is 23.8. The predicted molar refractivity (Wildman–Crippen MR) is 96.4 cm³/mol. The van der Waals surface area contributed by atoms with E-state index in [-0.39, 0.29) is 5.56 Å². The number of nitrogens with two attached hydrogens (primary N) is 1. The molecule has 2 rings (SSSR count). The van der Waals surface area contributed by atoms with Crippen molar-refractivity contribution in [3.05, 3.63) is 28.3 Å². The first kappa shape index (κ1) is 24.9. The van der Waals surface area contributed by atoms with Crippen LogP contribution >= 0.6 is 11.6 Å². The summed E-state index contributed by atoms with van der Waals surface area (Å²) in [7, 11) is -4.96. The zero-order valence-corrected chi connectivity index (χ0v) is 17.3. The van der Waals surface area contributed by atoms with E-state index < -0.39 is 58.1 Å². The molecule has 2 N–H and O–H groups in total. The van der Waals surface area contributed by atoms with Crippen molar-refractivity contribution < 1.29 is 44.2 Å². The van der Waals surface area contributed by atoms with E-state index in [2.05, 4.69) is 19.4 Å². The first-order valence-corrected chi connectivity index (χ1v) is 10.0. The molecule has 0 amide bonds. The molecule has 1 aromatic heterocycles. The average molecular weight is 494 g/mol. The number of alkyl halides is 6. The Morgan fingerprint density at radius 3 is 1.65 bits per heavy atom. The molecule has 0 saturated heterocycles. The maximum atomic E-state index is 12.6. The predicted octanol–water partition coefficient (Wildman–Crippen LogP) is 3.94. The number of sulfonamides is 1. The molecule has 1 aromatic carbocycles. The summed E-state index contributed by atoms with van der Waals surface area (Å²) in [5, 5.41) is 5.25. The number of benzene rings is 1. The monoisotopic (exact) mass is 493 g/mol. The van der Waals surface area contributed by atoms with Crippen LogP contribution in [0.5, 0.6) is 11.8 Å². The Kier molecular flexibility index (Phi) is 6.97. The minimum Gasteiger partial charge on any atom is -0.467 e. The van der Waals surface area contributed by atoms with Crippen LogP contribution in [0.25, 0.3) is 11.4 Å². The Bertz CT molecular complexity index is 1030. The second-order valence-corrected chi connectivity index (χ2v) is 8.19. The lowest BCUT2D eigenvalue weighted by atomic mass is 10.0. The third kappa shape index (κ3) is 6.83. The second kappa shape index (κ2) is 8.67. The van der Waals surface area contributed by atoms with Crippen LogP contribution in [-0.4, -0.2) is 44.0 Å². The van der Waals surface area contributed by atoms with Crippen LogP contribution in [0.3, 0.4) is 0 Å². The maximum absolute atomic E-state index is 12.6. The van der Waals surface area contributed by atoms with Crippen molar-refractivity contribution in [2.45, 2.75) is 31.1 Å². The van der Waals surface area contributed by atoms with E-state index in [9.17, 15) is 34.8 Å². The molecule has 15 heteroatoms. The van der Waals surface area contributed by atoms with Crippen LogP contribution in [0.15, 0.2) is 17.0 Å². The highest BCUT2D eigenvalue weighted by Crippen LogP contribution is 2.36. The van der Waals surface area contributed by atoms with Crippen LogP contribution in [0, 0.1) is 13.8 Å². The Morgan fingerprint density at radius 1 is 0.935 bits per heavy atom. The summed E-state index contributed by atoms with van der Waals surface area (Å²) in [5.41, 5.74) is 0.966. The summed E-state index contributed by atoms with van der Waals surface area (Å²) in [6, 6.07) is 2.88. The molecule has 31 heavy (non-hydrogen) atoms. The van der Waals surface area contributed by atoms with Gasteiger partial charge in [0.05, 0.1) is 0 Å². The quantitative estimate of drug-likeness (QED) is 0.611. The highest BCUT2D eigenvalue weighted by atomic mass is 35.5. The average Bonchev–Trinajstić information content (AvgIpc) is 2.54. The van der Waals surface area contributed by atoms with Gasteiger partial charge in [0, 0.05) is 10.6 Å². The Morgan fingerprint density at radius 2 is 1.32 bits per heavy atom. The van der Waals surface area contributed by atoms with Crippen molar-refractivity contribution in [2.24, 2.45) is 5.14 Å². The Labute approximate surface area is 177 Å². The molecule has 0 spiro atoms. The zero-order valence-electron chi connectivity index (χ0n) is 15.7. The second-order valence-electron chi connectivity index (χ2n) is 6.25. The molecule has 1 heterocycles. The Balaban J connectivity index is 2.78. The normalized spacial score (nSPS) is 12.7. The smallest absolute Gasteiger partial charge is 0.422 e. The number of ether oxygens (including phenoxy) is 2. The first-order chi connectivity index (χ1) is 14.0. The van der Waals surface area contributed by atoms with E-state index in [0.717, 1.165) is 0 Å². The molecule has 172 valence electrons. The fourth-order valence-corrected chi connectivity index (χ4v) is 3.55. The minimum atomic E-state index is -4.96. The molecule has 0 unspecified atom stereocenters. The van der Waals surface area contributed by atoms with Gasteiger partial charge in [-0.15, -0.1) is 0 Å². The number of nitrogens with zero attached hydrogens (tertiary/aromatic N) is 2. The number of hydrogen-bond acceptors (Lipinski definition) is 6. The third-order valence-corrected chi connectivity index (χ3v) is 4.69. The molecule has 2 aromatic rings. The van der Waals surface area contributed by atoms with E-state index in [0.29, 0.717) is 16.1 Å². The van der Waals surface area contributed by atoms with Gasteiger partial charge in [-0.2, -0.15) is 36.3 Å². The number of halogens is 7. The number of primary sulfonamides is 1. The van der Waals surface area contributed by atoms with Gasteiger partial charge in [0.25, 0.3) is 0 Å². The maximum Gasteiger partial charge on any atom is 0.422 e. The van der Waals surface area contributed by atoms with Crippen LogP contribution in [0.4, 0.5) is 26.3 Å². The van der Waals surface area contributed by atoms with Gasteiger partial charge in [0.2, 0.25) is 26.7 Å². The van der Waals surface area contributed by atoms with Gasteiger partial charge in [-0.3, -0.25) is 0 Å². The molecule has 0 aliphatic carbocycles. The number of aromatic nitrogens is 2. The summed E-state index contributed by atoms with van der Waals surface area (Å²) >= 11 is 5.92. The van der Waals surface area contributed by atoms with Crippen molar-refractivity contribution in [1.82, 2.24) is 9.97 Å². The molecule has 0 bridgehead atoms. The summed E-state index contributed by atoms with van der Waals surface area (Å²) < 4.78 is 108. The minimum absolute atomic E-state index is 0.166. The van der Waals surface area contributed by atoms with Crippen LogP contribution in [-0.2, 0) is 10.0 Å². The van der Waals surface area contributed by atoms with Crippen molar-refractivity contribution in [3.8, 4) is 23.1 Å². The Hall–Kier alpha value is -2.32. The summed E-state index contributed by atoms with van der Waals surface area (Å²) in [6.07, 6.45) is -9.83. The molecule has 7 nitrogen and oxygen atoms in total. The van der Waals surface area contributed by atoms with E-state index in [4.69, 9.17) is 16.7 Å². The molecule has 0 radical (unpaired) electrons. The van der Waals surface area contributed by atoms with E-state index in [1.165, 1.54) is 26.0 Å². The third-order valence-electron chi connectivity index (χ3n) is 3.55. The topological polar surface area (TPSA) is 104 Å². The molecule has 0 aliphatic rings. The highest BCUT2D eigenvalue weighted by molar-refractivity contribution is 7.89. The fraction of sp³-hybridized carbons (Fsp3) is 0.375. The first-order valence-electron chi connectivity index (χ1n) is 8.09. The van der Waals surface area contributed by atoms with Crippen molar-refractivity contribution in [3.63, 3.8) is 0 Å². The number of rotatable bonds is 6. The molecule has 0 fully saturated rings. The molecular formula is C16H14ClF6N3O4S. The summed E-state index contributed by atoms with van der Waals surface area (Å²) in [5.74, 6) is -2.88. The summed E-state index contributed by atoms with van der Waals surface area (Å²) in [4.78, 5) is 5.99. The lowest BCUT2D eigenvalue weighted by Crippen LogP contribution is -2.25. The van der Waals surface area contributed by atoms with Gasteiger partial charge >= 0.3 is 12.4 Å². The molecule has 0 atom stereocenters. The summed E-state index contributed by atoms with van der Waals surface area (Å²) in [6.45, 7) is -0.943. The molecular weight excluding hydrogens is 480 g/mol. The lowest BCUT2D eigenvalue weighted by Gasteiger charge is -2.17. The van der Waals surface area contributed by atoms with E-state index in [1.807, 2.05) is 0 Å². The molecule has 0 saturated carbocycles. The standard InChI is InChI=1S/C16H14ClF6N3O4S/c1-7-3-9(17)4-8(2)10(7)12-25-13(29-5-15(18,19)20)11(31(24,27)28)14(26-12)30-6-16(21,22)23/h3-4H,5-6H2,1-2H3,(H2,24,27,28). The number of aryl methyl sites for hydroxylation is 2. The van der Waals surface area contributed by atoms with Gasteiger partial charge in [0.15, 0.2) is 19.0 Å². The van der Waals surface area contributed by atoms with Crippen molar-refractivity contribution in [2.75, 3.05) is 13.2 Å². The van der Waals surface area contributed by atoms with E-state index >= 15 is 0 Å². The van der Waals surface area contributed by atoms with Crippen LogP contribution in [0.1, 0.15) is 11.1 Å². The van der Waals surface area contributed by atoms with Gasteiger partial charge in [-0.05, 0) is 37.1 Å². The number of hydrogen-bond donors (Lipinski definition) is 1. The van der Waals surface area contributed by atoms with Gasteiger partial charge < -0.3 is 9.47 Å². The van der Waals surface area contributed by atoms with Gasteiger partial charge in [-0.25, -0.2) is 13.6 Å². The van der Waals surface area contributed by atoms with E-state index in [1.54, 1.807) is 0 Å². The van der Waals surface area contributed by atoms with Crippen LogP contribution in [0.2, 0.25) is 5.02 Å². The fourth-order valence-electron chi connectivity index (χ4n) is 2.52. The van der Waals surface area contributed by atoms with Crippen molar-refractivity contribution >= 4 is 21.6 Å². The molecule has 0 aliphatic heterocycles. The van der Waals surface area contributed by atoms with Crippen molar-refractivity contribution in [1.29, 1.82) is 0 Å². The van der Waals surface area contributed by atoms with Gasteiger partial charge in [-0.1, -0.05) is 11.6 Å². The highest BCUT2D eigenvalue weighted by Gasteiger charge is 2.35. The van der Waals surface area contributed by atoms with Crippen LogP contribution < -0.4 is 14.6 Å². The van der Waals surface area contributed by atoms with Gasteiger partial charge in [0.1, 0.15) is 0 Å². The SMILES string of the molecule is Cc1cc(Cl)cc(C)c1-c1nc(OCC(F)(F)F)c(S(N)(=O)=O)c(OCC(F)(F)F)n1.